The molecule has 1 saturated carbocycles. The summed E-state index contributed by atoms with van der Waals surface area (Å²) in [7, 11) is 1.48. The van der Waals surface area contributed by atoms with E-state index in [9.17, 15) is 4.79 Å². The first kappa shape index (κ1) is 8.05. The zero-order chi connectivity index (χ0) is 8.55. The van der Waals surface area contributed by atoms with Crippen molar-refractivity contribution >= 4 is 5.97 Å². The Morgan fingerprint density at radius 1 is 1.42 bits per heavy atom. The fraction of sp³-hybridized carbons (Fsp3) is 0.889. The predicted molar refractivity (Wildman–Crippen MR) is 44.8 cm³/mol. The van der Waals surface area contributed by atoms with Crippen molar-refractivity contribution in [2.45, 2.75) is 37.8 Å². The lowest BCUT2D eigenvalue weighted by Crippen LogP contribution is -2.38. The first-order valence-electron chi connectivity index (χ1n) is 4.66. The van der Waals surface area contributed by atoms with Crippen LogP contribution in [0.1, 0.15) is 25.7 Å². The van der Waals surface area contributed by atoms with E-state index >= 15 is 0 Å². The Bertz CT molecular complexity index is 189. The molecule has 0 amide bonds. The Balaban J connectivity index is 1.98. The number of nitrogens with zero attached hydrogens (tertiary/aromatic N) is 1. The van der Waals surface area contributed by atoms with Gasteiger partial charge in [-0.3, -0.25) is 9.69 Å². The van der Waals surface area contributed by atoms with E-state index in [4.69, 9.17) is 4.74 Å². The van der Waals surface area contributed by atoms with Crippen molar-refractivity contribution in [1.29, 1.82) is 0 Å². The SMILES string of the molecule is COC(=O)[C@@H]1CCCN1C1CC1. The Kier molecular flexibility index (Phi) is 2.05. The molecule has 12 heavy (non-hydrogen) atoms. The molecule has 68 valence electrons. The minimum atomic E-state index is -0.0422. The average Bonchev–Trinajstić information content (AvgIpc) is 2.83. The molecule has 1 atom stereocenters. The van der Waals surface area contributed by atoms with Gasteiger partial charge in [0.1, 0.15) is 6.04 Å². The maximum Gasteiger partial charge on any atom is 0.323 e. The second kappa shape index (κ2) is 3.05. The van der Waals surface area contributed by atoms with Gasteiger partial charge in [0.2, 0.25) is 0 Å². The number of carbonyl (C=O) groups is 1. The maximum absolute atomic E-state index is 11.3. The molecule has 2 aliphatic rings. The van der Waals surface area contributed by atoms with E-state index in [0.29, 0.717) is 6.04 Å². The molecule has 2 fully saturated rings. The van der Waals surface area contributed by atoms with E-state index in [1.165, 1.54) is 20.0 Å². The fourth-order valence-corrected chi connectivity index (χ4v) is 2.02. The van der Waals surface area contributed by atoms with E-state index < -0.39 is 0 Å². The molecule has 0 aromatic carbocycles. The van der Waals surface area contributed by atoms with Gasteiger partial charge in [-0.1, -0.05) is 0 Å². The van der Waals surface area contributed by atoms with Crippen molar-refractivity contribution in [3.63, 3.8) is 0 Å². The van der Waals surface area contributed by atoms with Crippen LogP contribution < -0.4 is 0 Å². The van der Waals surface area contributed by atoms with E-state index in [-0.39, 0.29) is 12.0 Å². The first-order valence-corrected chi connectivity index (χ1v) is 4.66. The van der Waals surface area contributed by atoms with Crippen molar-refractivity contribution in [3.8, 4) is 0 Å². The Hall–Kier alpha value is -0.570. The first-order chi connectivity index (χ1) is 5.83. The van der Waals surface area contributed by atoms with Crippen molar-refractivity contribution in [1.82, 2.24) is 4.90 Å². The summed E-state index contributed by atoms with van der Waals surface area (Å²) < 4.78 is 4.76. The van der Waals surface area contributed by atoms with E-state index in [1.807, 2.05) is 0 Å². The Morgan fingerprint density at radius 2 is 2.17 bits per heavy atom. The summed E-state index contributed by atoms with van der Waals surface area (Å²) in [5, 5.41) is 0. The van der Waals surface area contributed by atoms with Crippen LogP contribution in [-0.2, 0) is 9.53 Å². The normalized spacial score (nSPS) is 30.6. The second-order valence-corrected chi connectivity index (χ2v) is 3.65. The lowest BCUT2D eigenvalue weighted by Gasteiger charge is -2.21. The molecule has 1 saturated heterocycles. The second-order valence-electron chi connectivity index (χ2n) is 3.65. The fourth-order valence-electron chi connectivity index (χ4n) is 2.02. The van der Waals surface area contributed by atoms with Crippen molar-refractivity contribution in [2.24, 2.45) is 0 Å². The average molecular weight is 169 g/mol. The lowest BCUT2D eigenvalue weighted by molar-refractivity contribution is -0.146. The number of ether oxygens (including phenoxy) is 1. The highest BCUT2D eigenvalue weighted by Crippen LogP contribution is 2.33. The minimum absolute atomic E-state index is 0.0422. The van der Waals surface area contributed by atoms with E-state index in [0.717, 1.165) is 19.4 Å². The van der Waals surface area contributed by atoms with Gasteiger partial charge in [0.15, 0.2) is 0 Å². The zero-order valence-electron chi connectivity index (χ0n) is 7.45. The number of methoxy groups -OCH3 is 1. The molecule has 2 rings (SSSR count). The highest BCUT2D eigenvalue weighted by Gasteiger charge is 2.40. The van der Waals surface area contributed by atoms with Crippen LogP contribution in [0.3, 0.4) is 0 Å². The van der Waals surface area contributed by atoms with Crippen LogP contribution in [0.2, 0.25) is 0 Å². The topological polar surface area (TPSA) is 29.5 Å². The molecule has 1 heterocycles. The summed E-state index contributed by atoms with van der Waals surface area (Å²) >= 11 is 0. The predicted octanol–water partition coefficient (Wildman–Crippen LogP) is 0.786. The van der Waals surface area contributed by atoms with Crippen LogP contribution in [0.15, 0.2) is 0 Å². The zero-order valence-corrected chi connectivity index (χ0v) is 7.45. The molecule has 3 heteroatoms. The molecular formula is C9H15NO2. The smallest absolute Gasteiger partial charge is 0.323 e. The Labute approximate surface area is 72.7 Å². The molecular weight excluding hydrogens is 154 g/mol. The van der Waals surface area contributed by atoms with Gasteiger partial charge < -0.3 is 4.74 Å². The van der Waals surface area contributed by atoms with Crippen LogP contribution >= 0.6 is 0 Å². The highest BCUT2D eigenvalue weighted by atomic mass is 16.5. The summed E-state index contributed by atoms with van der Waals surface area (Å²) in [6, 6.07) is 0.763. The van der Waals surface area contributed by atoms with Gasteiger partial charge in [0, 0.05) is 6.04 Å². The van der Waals surface area contributed by atoms with Gasteiger partial charge in [-0.05, 0) is 32.2 Å². The largest absolute Gasteiger partial charge is 0.468 e. The van der Waals surface area contributed by atoms with Gasteiger partial charge in [0.25, 0.3) is 0 Å². The standard InChI is InChI=1S/C9H15NO2/c1-12-9(11)8-3-2-6-10(8)7-4-5-7/h7-8H,2-6H2,1H3/t8-/m0/s1. The number of hydrogen-bond donors (Lipinski definition) is 0. The number of carbonyl (C=O) groups excluding carboxylic acids is 1. The highest BCUT2D eigenvalue weighted by molar-refractivity contribution is 5.76. The minimum Gasteiger partial charge on any atom is -0.468 e. The summed E-state index contributed by atoms with van der Waals surface area (Å²) in [4.78, 5) is 13.6. The van der Waals surface area contributed by atoms with E-state index in [2.05, 4.69) is 4.90 Å². The number of esters is 1. The number of hydrogen-bond acceptors (Lipinski definition) is 3. The van der Waals surface area contributed by atoms with Crippen LogP contribution in [0.5, 0.6) is 0 Å². The Morgan fingerprint density at radius 3 is 2.75 bits per heavy atom. The molecule has 1 aliphatic carbocycles. The van der Waals surface area contributed by atoms with E-state index in [1.54, 1.807) is 0 Å². The van der Waals surface area contributed by atoms with Crippen LogP contribution in [-0.4, -0.2) is 36.6 Å². The van der Waals surface area contributed by atoms with Gasteiger partial charge in [-0.2, -0.15) is 0 Å². The monoisotopic (exact) mass is 169 g/mol. The van der Waals surface area contributed by atoms with Crippen LogP contribution in [0.4, 0.5) is 0 Å². The molecule has 1 aliphatic heterocycles. The van der Waals surface area contributed by atoms with Gasteiger partial charge in [0.05, 0.1) is 7.11 Å². The van der Waals surface area contributed by atoms with Crippen molar-refractivity contribution in [3.05, 3.63) is 0 Å². The molecule has 0 aromatic heterocycles. The molecule has 0 unspecified atom stereocenters. The van der Waals surface area contributed by atoms with Gasteiger partial charge in [-0.15, -0.1) is 0 Å². The van der Waals surface area contributed by atoms with Crippen LogP contribution in [0.25, 0.3) is 0 Å². The van der Waals surface area contributed by atoms with Crippen molar-refractivity contribution < 1.29 is 9.53 Å². The summed E-state index contributed by atoms with van der Waals surface area (Å²) in [5.41, 5.74) is 0. The third-order valence-electron chi connectivity index (χ3n) is 2.78. The summed E-state index contributed by atoms with van der Waals surface area (Å²) in [6.07, 6.45) is 4.68. The summed E-state index contributed by atoms with van der Waals surface area (Å²) in [6.45, 7) is 1.09. The third-order valence-corrected chi connectivity index (χ3v) is 2.78. The maximum atomic E-state index is 11.3. The van der Waals surface area contributed by atoms with Gasteiger partial charge in [-0.25, -0.2) is 0 Å². The summed E-state index contributed by atoms with van der Waals surface area (Å²) in [5.74, 6) is -0.0422. The molecule has 0 N–H and O–H groups in total. The molecule has 0 aromatic rings. The van der Waals surface area contributed by atoms with Crippen molar-refractivity contribution in [2.75, 3.05) is 13.7 Å². The number of rotatable bonds is 2. The van der Waals surface area contributed by atoms with Crippen LogP contribution in [0, 0.1) is 0 Å². The third kappa shape index (κ3) is 1.33. The van der Waals surface area contributed by atoms with Gasteiger partial charge >= 0.3 is 5.97 Å². The number of likely N-dealkylation sites (tertiary alicyclic amines) is 1. The molecule has 0 radical (unpaired) electrons. The quantitative estimate of drug-likeness (QED) is 0.572. The molecule has 3 nitrogen and oxygen atoms in total. The molecule has 0 bridgehead atoms. The lowest BCUT2D eigenvalue weighted by atomic mass is 10.2. The molecule has 0 spiro atoms.